The highest BCUT2D eigenvalue weighted by atomic mass is 16.5. The maximum Gasteiger partial charge on any atom is 0.255 e. The number of nitrogens with one attached hydrogen (secondary N) is 3. The monoisotopic (exact) mass is 386 g/mol. The normalized spacial score (nSPS) is 27.7. The highest BCUT2D eigenvalue weighted by Gasteiger charge is 2.39. The Morgan fingerprint density at radius 3 is 2.93 bits per heavy atom. The second-order valence-corrected chi connectivity index (χ2v) is 7.92. The van der Waals surface area contributed by atoms with E-state index < -0.39 is 6.04 Å². The number of carbonyl (C=O) groups is 3. The zero-order valence-corrected chi connectivity index (χ0v) is 16.0. The molecule has 0 saturated carbocycles. The third kappa shape index (κ3) is 3.67. The predicted octanol–water partition coefficient (Wildman–Crippen LogP) is -0.0843. The summed E-state index contributed by atoms with van der Waals surface area (Å²) in [6, 6.07) is 5.11. The Morgan fingerprint density at radius 1 is 1.32 bits per heavy atom. The van der Waals surface area contributed by atoms with Gasteiger partial charge in [0, 0.05) is 44.7 Å². The van der Waals surface area contributed by atoms with Gasteiger partial charge in [0.2, 0.25) is 11.8 Å². The van der Waals surface area contributed by atoms with Crippen LogP contribution in [-0.4, -0.2) is 60.5 Å². The van der Waals surface area contributed by atoms with Crippen molar-refractivity contribution in [3.05, 3.63) is 34.9 Å². The lowest BCUT2D eigenvalue weighted by Crippen LogP contribution is -2.53. The van der Waals surface area contributed by atoms with E-state index in [-0.39, 0.29) is 29.7 Å². The summed E-state index contributed by atoms with van der Waals surface area (Å²) in [7, 11) is 0. The summed E-state index contributed by atoms with van der Waals surface area (Å²) in [6.45, 7) is 6.18. The van der Waals surface area contributed by atoms with Crippen molar-refractivity contribution in [2.24, 2.45) is 0 Å². The van der Waals surface area contributed by atoms with Crippen molar-refractivity contribution < 1.29 is 19.1 Å². The van der Waals surface area contributed by atoms with E-state index in [9.17, 15) is 14.4 Å². The first kappa shape index (κ1) is 19.0. The van der Waals surface area contributed by atoms with Crippen LogP contribution in [0.4, 0.5) is 0 Å². The first-order valence-corrected chi connectivity index (χ1v) is 9.78. The van der Waals surface area contributed by atoms with E-state index in [1.54, 1.807) is 4.90 Å². The number of carbonyl (C=O) groups excluding carboxylic acids is 3. The van der Waals surface area contributed by atoms with Crippen LogP contribution in [0.25, 0.3) is 0 Å². The van der Waals surface area contributed by atoms with Crippen LogP contribution in [-0.2, 0) is 27.4 Å². The van der Waals surface area contributed by atoms with E-state index in [4.69, 9.17) is 4.74 Å². The van der Waals surface area contributed by atoms with Gasteiger partial charge in [0.15, 0.2) is 0 Å². The summed E-state index contributed by atoms with van der Waals surface area (Å²) in [5.74, 6) is -0.798. The predicted molar refractivity (Wildman–Crippen MR) is 101 cm³/mol. The summed E-state index contributed by atoms with van der Waals surface area (Å²) in [6.07, 6.45) is 0.637. The number of hydrogen-bond acceptors (Lipinski definition) is 6. The van der Waals surface area contributed by atoms with Crippen LogP contribution < -0.4 is 16.0 Å². The van der Waals surface area contributed by atoms with Gasteiger partial charge in [-0.1, -0.05) is 12.1 Å². The lowest BCUT2D eigenvalue weighted by Gasteiger charge is -2.34. The summed E-state index contributed by atoms with van der Waals surface area (Å²) >= 11 is 0. The van der Waals surface area contributed by atoms with E-state index >= 15 is 0 Å². The fourth-order valence-electron chi connectivity index (χ4n) is 4.16. The average Bonchev–Trinajstić information content (AvgIpc) is 3.00. The topological polar surface area (TPSA) is 99.8 Å². The third-order valence-corrected chi connectivity index (χ3v) is 5.72. The van der Waals surface area contributed by atoms with Gasteiger partial charge in [-0.15, -0.1) is 0 Å². The van der Waals surface area contributed by atoms with Crippen molar-refractivity contribution in [2.75, 3.05) is 26.2 Å². The SMILES string of the molecule is CC1(CNCc2cccc3c2CN(C2CCC(=O)NC2=O)C3=O)CNCCO1. The van der Waals surface area contributed by atoms with Gasteiger partial charge in [-0.25, -0.2) is 0 Å². The number of fused-ring (bicyclic) bond motifs is 1. The highest BCUT2D eigenvalue weighted by Crippen LogP contribution is 2.29. The molecule has 2 saturated heterocycles. The van der Waals surface area contributed by atoms with Gasteiger partial charge < -0.3 is 20.3 Å². The molecule has 1 aromatic rings. The van der Waals surface area contributed by atoms with Gasteiger partial charge in [0.05, 0.1) is 12.2 Å². The highest BCUT2D eigenvalue weighted by molar-refractivity contribution is 6.05. The van der Waals surface area contributed by atoms with Crippen LogP contribution in [0.2, 0.25) is 0 Å². The molecule has 0 bridgehead atoms. The number of piperidine rings is 1. The van der Waals surface area contributed by atoms with Crippen LogP contribution in [0.5, 0.6) is 0 Å². The first-order valence-electron chi connectivity index (χ1n) is 9.78. The molecule has 28 heavy (non-hydrogen) atoms. The number of hydrogen-bond donors (Lipinski definition) is 3. The first-order chi connectivity index (χ1) is 13.5. The summed E-state index contributed by atoms with van der Waals surface area (Å²) in [5.41, 5.74) is 2.40. The van der Waals surface area contributed by atoms with E-state index in [0.717, 1.165) is 24.2 Å². The largest absolute Gasteiger partial charge is 0.371 e. The second-order valence-electron chi connectivity index (χ2n) is 7.92. The molecule has 4 rings (SSSR count). The Labute approximate surface area is 164 Å². The lowest BCUT2D eigenvalue weighted by atomic mass is 10.0. The fraction of sp³-hybridized carbons (Fsp3) is 0.550. The van der Waals surface area contributed by atoms with Crippen LogP contribution in [0.3, 0.4) is 0 Å². The molecule has 2 fully saturated rings. The molecule has 8 nitrogen and oxygen atoms in total. The zero-order chi connectivity index (χ0) is 19.7. The second kappa shape index (κ2) is 7.62. The van der Waals surface area contributed by atoms with E-state index in [0.29, 0.717) is 38.2 Å². The van der Waals surface area contributed by atoms with Gasteiger partial charge in [0.25, 0.3) is 5.91 Å². The Balaban J connectivity index is 1.44. The molecule has 8 heteroatoms. The van der Waals surface area contributed by atoms with E-state index in [1.165, 1.54) is 0 Å². The van der Waals surface area contributed by atoms with Crippen molar-refractivity contribution in [2.45, 2.75) is 44.5 Å². The molecule has 0 spiro atoms. The molecule has 150 valence electrons. The summed E-state index contributed by atoms with van der Waals surface area (Å²) in [5, 5.41) is 9.13. The molecule has 3 N–H and O–H groups in total. The molecule has 3 aliphatic rings. The van der Waals surface area contributed by atoms with Gasteiger partial charge in [-0.05, 0) is 30.5 Å². The zero-order valence-electron chi connectivity index (χ0n) is 16.0. The van der Waals surface area contributed by atoms with Gasteiger partial charge in [-0.2, -0.15) is 0 Å². The average molecular weight is 386 g/mol. The van der Waals surface area contributed by atoms with Crippen LogP contribution in [0.15, 0.2) is 18.2 Å². The fourth-order valence-corrected chi connectivity index (χ4v) is 4.16. The molecule has 3 aliphatic heterocycles. The maximum atomic E-state index is 12.9. The molecule has 3 heterocycles. The Hall–Kier alpha value is -2.29. The van der Waals surface area contributed by atoms with E-state index in [2.05, 4.69) is 22.9 Å². The quantitative estimate of drug-likeness (QED) is 0.612. The van der Waals surface area contributed by atoms with Gasteiger partial charge in [0.1, 0.15) is 6.04 Å². The number of amides is 3. The number of morpholine rings is 1. The minimum Gasteiger partial charge on any atom is -0.371 e. The molecule has 2 atom stereocenters. The smallest absolute Gasteiger partial charge is 0.255 e. The minimum absolute atomic E-state index is 0.141. The molecule has 2 unspecified atom stereocenters. The molecule has 0 aromatic heterocycles. The Kier molecular flexibility index (Phi) is 5.18. The molecule has 1 aromatic carbocycles. The van der Waals surface area contributed by atoms with Crippen LogP contribution in [0.1, 0.15) is 41.3 Å². The van der Waals surface area contributed by atoms with Crippen LogP contribution in [0, 0.1) is 0 Å². The van der Waals surface area contributed by atoms with Crippen molar-refractivity contribution in [1.29, 1.82) is 0 Å². The Morgan fingerprint density at radius 2 is 2.18 bits per heavy atom. The number of rotatable bonds is 5. The number of imide groups is 1. The lowest BCUT2D eigenvalue weighted by molar-refractivity contribution is -0.136. The van der Waals surface area contributed by atoms with Gasteiger partial charge in [-0.3, -0.25) is 19.7 Å². The standard InChI is InChI=1S/C20H26N4O4/c1-20(11-21-7-8-28-20)12-22-9-13-3-2-4-14-15(13)10-24(19(14)27)16-5-6-17(25)23-18(16)26/h2-4,16,21-22H,5-12H2,1H3,(H,23,25,26). The van der Waals surface area contributed by atoms with Crippen molar-refractivity contribution >= 4 is 17.7 Å². The number of ether oxygens (including phenoxy) is 1. The van der Waals surface area contributed by atoms with Crippen LogP contribution >= 0.6 is 0 Å². The van der Waals surface area contributed by atoms with Crippen molar-refractivity contribution in [1.82, 2.24) is 20.9 Å². The number of nitrogens with zero attached hydrogens (tertiary/aromatic N) is 1. The minimum atomic E-state index is -0.584. The Bertz CT molecular complexity index is 803. The van der Waals surface area contributed by atoms with E-state index in [1.807, 2.05) is 18.2 Å². The molecular formula is C20H26N4O4. The van der Waals surface area contributed by atoms with Crippen molar-refractivity contribution in [3.63, 3.8) is 0 Å². The number of benzene rings is 1. The molecule has 3 amide bonds. The molecular weight excluding hydrogens is 360 g/mol. The molecule has 0 aliphatic carbocycles. The third-order valence-electron chi connectivity index (χ3n) is 5.72. The summed E-state index contributed by atoms with van der Waals surface area (Å²) < 4.78 is 5.87. The maximum absolute atomic E-state index is 12.9. The summed E-state index contributed by atoms with van der Waals surface area (Å²) in [4.78, 5) is 38.1. The van der Waals surface area contributed by atoms with Crippen molar-refractivity contribution in [3.8, 4) is 0 Å². The van der Waals surface area contributed by atoms with Gasteiger partial charge >= 0.3 is 0 Å². The molecule has 0 radical (unpaired) electrons.